The molecule has 0 bridgehead atoms. The van der Waals surface area contributed by atoms with Crippen LogP contribution in [-0.2, 0) is 0 Å². The van der Waals surface area contributed by atoms with Crippen LogP contribution in [0.4, 0.5) is 0 Å². The van der Waals surface area contributed by atoms with Crippen molar-refractivity contribution in [3.8, 4) is 0 Å². The van der Waals surface area contributed by atoms with Crippen molar-refractivity contribution in [2.75, 3.05) is 0 Å². The van der Waals surface area contributed by atoms with Gasteiger partial charge in [-0.05, 0) is 13.0 Å². The van der Waals surface area contributed by atoms with Crippen molar-refractivity contribution in [1.29, 1.82) is 0 Å². The Hall–Kier alpha value is -2.04. The van der Waals surface area contributed by atoms with E-state index in [0.29, 0.717) is 0 Å². The number of hydrogen-bond acceptors (Lipinski definition) is 3. The number of allylic oxidation sites excluding steroid dienone is 1. The Balaban J connectivity index is 3.25. The zero-order valence-corrected chi connectivity index (χ0v) is 7.35. The van der Waals surface area contributed by atoms with Crippen molar-refractivity contribution < 1.29 is 24.2 Å². The first-order valence-corrected chi connectivity index (χ1v) is 3.79. The van der Waals surface area contributed by atoms with E-state index in [9.17, 15) is 9.59 Å². The molecule has 0 aliphatic carbocycles. The van der Waals surface area contributed by atoms with Crippen LogP contribution in [0.1, 0.15) is 33.6 Å². The van der Waals surface area contributed by atoms with Crippen LogP contribution in [0.3, 0.4) is 0 Å². The van der Waals surface area contributed by atoms with Crippen molar-refractivity contribution in [3.63, 3.8) is 0 Å². The second-order valence-corrected chi connectivity index (χ2v) is 2.51. The molecule has 5 heteroatoms. The molecule has 0 amide bonds. The van der Waals surface area contributed by atoms with Crippen molar-refractivity contribution in [1.82, 2.24) is 0 Å². The van der Waals surface area contributed by atoms with Gasteiger partial charge in [-0.25, -0.2) is 9.59 Å². The Morgan fingerprint density at radius 3 is 2.43 bits per heavy atom. The van der Waals surface area contributed by atoms with Crippen LogP contribution in [0.15, 0.2) is 16.6 Å². The summed E-state index contributed by atoms with van der Waals surface area (Å²) in [5, 5.41) is 17.2. The molecular weight excluding hydrogens is 188 g/mol. The highest BCUT2D eigenvalue weighted by Crippen LogP contribution is 2.17. The fraction of sp³-hybridized carbons (Fsp3) is 0.111. The third-order valence-electron chi connectivity index (χ3n) is 1.51. The van der Waals surface area contributed by atoms with Gasteiger partial charge in [0.05, 0.1) is 0 Å². The maximum absolute atomic E-state index is 10.6. The van der Waals surface area contributed by atoms with Crippen molar-refractivity contribution in [2.24, 2.45) is 0 Å². The van der Waals surface area contributed by atoms with E-state index in [-0.39, 0.29) is 17.1 Å². The van der Waals surface area contributed by atoms with Gasteiger partial charge in [0, 0.05) is 5.56 Å². The van der Waals surface area contributed by atoms with Gasteiger partial charge in [0.15, 0.2) is 0 Å². The molecular formula is C9H8O5. The largest absolute Gasteiger partial charge is 0.475 e. The average Bonchev–Trinajstić information content (AvgIpc) is 2.49. The van der Waals surface area contributed by atoms with E-state index in [1.165, 1.54) is 12.1 Å². The Bertz CT molecular complexity index is 399. The molecule has 74 valence electrons. The molecule has 1 aromatic rings. The SMILES string of the molecule is CC=Cc1cc(C(=O)O)oc1C(=O)O. The molecule has 1 aromatic heterocycles. The zero-order valence-electron chi connectivity index (χ0n) is 7.35. The molecule has 1 rings (SSSR count). The second-order valence-electron chi connectivity index (χ2n) is 2.51. The Morgan fingerprint density at radius 1 is 1.36 bits per heavy atom. The van der Waals surface area contributed by atoms with Gasteiger partial charge in [-0.15, -0.1) is 0 Å². The Kier molecular flexibility index (Phi) is 2.71. The molecule has 0 spiro atoms. The summed E-state index contributed by atoms with van der Waals surface area (Å²) in [6.07, 6.45) is 3.07. The summed E-state index contributed by atoms with van der Waals surface area (Å²) in [5.41, 5.74) is 0.248. The van der Waals surface area contributed by atoms with E-state index >= 15 is 0 Å². The van der Waals surface area contributed by atoms with Gasteiger partial charge in [-0.1, -0.05) is 12.2 Å². The molecule has 0 aliphatic rings. The number of carbonyl (C=O) groups is 2. The normalized spacial score (nSPS) is 10.6. The standard InChI is InChI=1S/C9H8O5/c1-2-3-5-4-6(8(10)11)14-7(5)9(12)13/h2-4H,1H3,(H,10,11)(H,12,13). The van der Waals surface area contributed by atoms with Crippen molar-refractivity contribution in [3.05, 3.63) is 29.2 Å². The van der Waals surface area contributed by atoms with Crippen LogP contribution in [0, 0.1) is 0 Å². The minimum absolute atomic E-state index is 0.248. The van der Waals surface area contributed by atoms with Crippen molar-refractivity contribution in [2.45, 2.75) is 6.92 Å². The van der Waals surface area contributed by atoms with Gasteiger partial charge >= 0.3 is 11.9 Å². The van der Waals surface area contributed by atoms with Crippen LogP contribution < -0.4 is 0 Å². The number of hydrogen-bond donors (Lipinski definition) is 2. The van der Waals surface area contributed by atoms with Crippen LogP contribution in [-0.4, -0.2) is 22.2 Å². The van der Waals surface area contributed by atoms with Gasteiger partial charge in [0.2, 0.25) is 11.5 Å². The van der Waals surface area contributed by atoms with Gasteiger partial charge in [0.25, 0.3) is 0 Å². The maximum atomic E-state index is 10.6. The third kappa shape index (κ3) is 1.82. The lowest BCUT2D eigenvalue weighted by atomic mass is 10.2. The average molecular weight is 196 g/mol. The minimum Gasteiger partial charge on any atom is -0.475 e. The monoisotopic (exact) mass is 196 g/mol. The summed E-state index contributed by atoms with van der Waals surface area (Å²) in [7, 11) is 0. The van der Waals surface area contributed by atoms with Crippen LogP contribution in [0.2, 0.25) is 0 Å². The summed E-state index contributed by atoms with van der Waals surface area (Å²) >= 11 is 0. The molecule has 0 aliphatic heterocycles. The van der Waals surface area contributed by atoms with Gasteiger partial charge < -0.3 is 14.6 Å². The van der Waals surface area contributed by atoms with E-state index in [1.807, 2.05) is 0 Å². The number of carboxylic acids is 2. The zero-order chi connectivity index (χ0) is 10.7. The maximum Gasteiger partial charge on any atom is 0.372 e. The van der Waals surface area contributed by atoms with E-state index < -0.39 is 11.9 Å². The predicted molar refractivity (Wildman–Crippen MR) is 47.3 cm³/mol. The molecule has 0 aromatic carbocycles. The molecule has 14 heavy (non-hydrogen) atoms. The highest BCUT2D eigenvalue weighted by molar-refractivity contribution is 5.93. The number of rotatable bonds is 3. The highest BCUT2D eigenvalue weighted by atomic mass is 16.4. The van der Waals surface area contributed by atoms with E-state index in [4.69, 9.17) is 10.2 Å². The summed E-state index contributed by atoms with van der Waals surface area (Å²) in [6, 6.07) is 1.17. The number of furan rings is 1. The lowest BCUT2D eigenvalue weighted by Gasteiger charge is -1.88. The summed E-state index contributed by atoms with van der Waals surface area (Å²) in [5.74, 6) is -3.31. The molecule has 0 unspecified atom stereocenters. The van der Waals surface area contributed by atoms with E-state index in [0.717, 1.165) is 0 Å². The second kappa shape index (κ2) is 3.78. The molecule has 0 atom stereocenters. The first-order valence-electron chi connectivity index (χ1n) is 3.79. The summed E-state index contributed by atoms with van der Waals surface area (Å²) in [4.78, 5) is 21.1. The molecule has 0 saturated heterocycles. The number of aromatic carboxylic acids is 2. The molecule has 0 saturated carbocycles. The summed E-state index contributed by atoms with van der Waals surface area (Å²) in [6.45, 7) is 1.69. The Morgan fingerprint density at radius 2 is 2.00 bits per heavy atom. The lowest BCUT2D eigenvalue weighted by molar-refractivity contribution is 0.0631. The van der Waals surface area contributed by atoms with Crippen LogP contribution in [0.5, 0.6) is 0 Å². The Labute approximate surface area is 79.3 Å². The number of carboxylic acid groups (broad SMARTS) is 2. The molecule has 2 N–H and O–H groups in total. The van der Waals surface area contributed by atoms with Gasteiger partial charge in [-0.3, -0.25) is 0 Å². The highest BCUT2D eigenvalue weighted by Gasteiger charge is 2.18. The molecule has 1 heterocycles. The third-order valence-corrected chi connectivity index (χ3v) is 1.51. The fourth-order valence-corrected chi connectivity index (χ4v) is 0.981. The van der Waals surface area contributed by atoms with E-state index in [1.54, 1.807) is 13.0 Å². The molecule has 0 fully saturated rings. The quantitative estimate of drug-likeness (QED) is 0.768. The summed E-state index contributed by atoms with van der Waals surface area (Å²) < 4.78 is 4.64. The molecule has 0 radical (unpaired) electrons. The first-order chi connectivity index (χ1) is 6.56. The lowest BCUT2D eigenvalue weighted by Crippen LogP contribution is -1.96. The minimum atomic E-state index is -1.29. The van der Waals surface area contributed by atoms with Gasteiger partial charge in [0.1, 0.15) is 0 Å². The molecule has 5 nitrogen and oxygen atoms in total. The first kappa shape index (κ1) is 10.0. The van der Waals surface area contributed by atoms with E-state index in [2.05, 4.69) is 4.42 Å². The van der Waals surface area contributed by atoms with Crippen LogP contribution in [0.25, 0.3) is 6.08 Å². The smallest absolute Gasteiger partial charge is 0.372 e. The fourth-order valence-electron chi connectivity index (χ4n) is 0.981. The van der Waals surface area contributed by atoms with Gasteiger partial charge in [-0.2, -0.15) is 0 Å². The van der Waals surface area contributed by atoms with Crippen molar-refractivity contribution >= 4 is 18.0 Å². The van der Waals surface area contributed by atoms with Crippen LogP contribution >= 0.6 is 0 Å². The topological polar surface area (TPSA) is 87.7 Å². The predicted octanol–water partition coefficient (Wildman–Crippen LogP) is 1.71.